The summed E-state index contributed by atoms with van der Waals surface area (Å²) in [5, 5.41) is 13.3. The molecule has 17 heteroatoms. The van der Waals surface area contributed by atoms with E-state index >= 15 is 4.39 Å². The summed E-state index contributed by atoms with van der Waals surface area (Å²) >= 11 is 0. The van der Waals surface area contributed by atoms with E-state index in [0.29, 0.717) is 106 Å². The van der Waals surface area contributed by atoms with E-state index in [4.69, 9.17) is 0 Å². The van der Waals surface area contributed by atoms with Crippen molar-refractivity contribution in [1.82, 2.24) is 14.1 Å². The Hall–Kier alpha value is -9.69. The van der Waals surface area contributed by atoms with Gasteiger partial charge in [0, 0.05) is 38.5 Å². The fourth-order valence-electron chi connectivity index (χ4n) is 11.8. The van der Waals surface area contributed by atoms with Crippen LogP contribution in [-0.2, 0) is 24.7 Å². The lowest BCUT2D eigenvalue weighted by Gasteiger charge is -2.22. The number of hydrogen-bond acceptors (Lipinski definition) is 2. The van der Waals surface area contributed by atoms with Crippen LogP contribution in [0.1, 0.15) is 55.9 Å². The number of rotatable bonds is 7. The second-order valence-electron chi connectivity index (χ2n) is 21.7. The highest BCUT2D eigenvalue weighted by Crippen LogP contribution is 2.47. The van der Waals surface area contributed by atoms with Crippen molar-refractivity contribution < 1.29 is 57.1 Å². The lowest BCUT2D eigenvalue weighted by molar-refractivity contribution is -0.138. The SMILES string of the molecule is Cc1cc(-c2ccc3c4ccc(-c5cc(C)cc(C(F)(F)F)c5)cc4n(-c4cc(C#N)cc(-n5c6cc(-c7cc(C)cc(C(F)(F)F)c7)ccc6c6ccc(-c7cc(F)cc(C(F)(F)F)c7)cc65)c4-c4cc(C)nc(C)c4)c3c2)cc(C(F)(F)F)c1. The summed E-state index contributed by atoms with van der Waals surface area (Å²) in [6, 6.07) is 41.8. The third kappa shape index (κ3) is 10.4. The molecule has 0 saturated carbocycles. The van der Waals surface area contributed by atoms with Gasteiger partial charge in [0.15, 0.2) is 0 Å². The van der Waals surface area contributed by atoms with Gasteiger partial charge < -0.3 is 9.13 Å². The molecule has 0 spiro atoms. The number of halogens is 13. The normalized spacial score (nSPS) is 12.5. The molecule has 3 aromatic heterocycles. The minimum Gasteiger partial charge on any atom is -0.308 e. The van der Waals surface area contributed by atoms with Gasteiger partial charge in [0.25, 0.3) is 0 Å². The van der Waals surface area contributed by atoms with Gasteiger partial charge in [-0.25, -0.2) is 4.39 Å². The molecule has 0 amide bonds. The van der Waals surface area contributed by atoms with Crippen LogP contribution in [0, 0.1) is 51.8 Å². The molecule has 9 aromatic carbocycles. The zero-order valence-corrected chi connectivity index (χ0v) is 45.9. The minimum absolute atomic E-state index is 0.0151. The van der Waals surface area contributed by atoms with Gasteiger partial charge >= 0.3 is 24.7 Å². The van der Waals surface area contributed by atoms with E-state index in [0.717, 1.165) is 48.5 Å². The Morgan fingerprint density at radius 1 is 0.337 bits per heavy atom. The highest BCUT2D eigenvalue weighted by Gasteiger charge is 2.35. The van der Waals surface area contributed by atoms with E-state index in [1.807, 2.05) is 0 Å². The van der Waals surface area contributed by atoms with Crippen LogP contribution in [0.5, 0.6) is 0 Å². The maximum Gasteiger partial charge on any atom is 0.416 e. The molecule has 0 aliphatic rings. The van der Waals surface area contributed by atoms with Gasteiger partial charge in [0.1, 0.15) is 5.82 Å². The van der Waals surface area contributed by atoms with E-state index in [2.05, 4.69) is 11.1 Å². The molecule has 0 N–H and O–H groups in total. The molecule has 12 rings (SSSR count). The highest BCUT2D eigenvalue weighted by atomic mass is 19.4. The number of aromatic nitrogens is 3. The number of nitriles is 1. The molecule has 0 saturated heterocycles. The minimum atomic E-state index is -4.94. The summed E-state index contributed by atoms with van der Waals surface area (Å²) in [6.45, 7) is 8.08. The first-order valence-corrected chi connectivity index (χ1v) is 26.7. The van der Waals surface area contributed by atoms with Crippen molar-refractivity contribution >= 4 is 43.6 Å². The van der Waals surface area contributed by atoms with Gasteiger partial charge in [-0.3, -0.25) is 4.98 Å². The van der Waals surface area contributed by atoms with Crippen molar-refractivity contribution in [3.05, 3.63) is 232 Å². The van der Waals surface area contributed by atoms with Crippen LogP contribution >= 0.6 is 0 Å². The van der Waals surface area contributed by atoms with Crippen molar-refractivity contribution in [3.63, 3.8) is 0 Å². The Bertz CT molecular complexity index is 4320. The zero-order chi connectivity index (χ0) is 61.3. The van der Waals surface area contributed by atoms with Crippen LogP contribution in [-0.4, -0.2) is 14.1 Å². The topological polar surface area (TPSA) is 46.5 Å². The Morgan fingerprint density at radius 2 is 0.640 bits per heavy atom. The second-order valence-corrected chi connectivity index (χ2v) is 21.7. The maximum atomic E-state index is 15.3. The fourth-order valence-corrected chi connectivity index (χ4v) is 11.8. The van der Waals surface area contributed by atoms with E-state index in [1.54, 1.807) is 132 Å². The molecule has 430 valence electrons. The number of pyridine rings is 1. The zero-order valence-electron chi connectivity index (χ0n) is 45.9. The molecule has 0 aliphatic carbocycles. The fraction of sp³-hybridized carbons (Fsp3) is 0.130. The largest absolute Gasteiger partial charge is 0.416 e. The number of fused-ring (bicyclic) bond motifs is 6. The monoisotopic (exact) mass is 1170 g/mol. The van der Waals surface area contributed by atoms with Crippen molar-refractivity contribution in [3.8, 4) is 73.1 Å². The molecule has 0 fully saturated rings. The molecular weight excluding hydrogens is 1130 g/mol. The molecule has 0 unspecified atom stereocenters. The number of alkyl halides is 12. The lowest BCUT2D eigenvalue weighted by Crippen LogP contribution is -2.06. The molecule has 0 atom stereocenters. The summed E-state index contributed by atoms with van der Waals surface area (Å²) in [5.74, 6) is -1.17. The first kappa shape index (κ1) is 56.8. The Kier molecular flexibility index (Phi) is 13.4. The third-order valence-corrected chi connectivity index (χ3v) is 15.4. The van der Waals surface area contributed by atoms with Crippen LogP contribution < -0.4 is 0 Å². The van der Waals surface area contributed by atoms with Gasteiger partial charge in [-0.05, 0) is 205 Å². The summed E-state index contributed by atoms with van der Waals surface area (Å²) in [6.07, 6.45) is -19.1. The summed E-state index contributed by atoms with van der Waals surface area (Å²) < 4.78 is 192. The number of nitrogens with zero attached hydrogens (tertiary/aromatic N) is 4. The van der Waals surface area contributed by atoms with Crippen LogP contribution in [0.3, 0.4) is 0 Å². The highest BCUT2D eigenvalue weighted by molar-refractivity contribution is 6.14. The number of hydrogen-bond donors (Lipinski definition) is 0. The van der Waals surface area contributed by atoms with Crippen LogP contribution in [0.25, 0.3) is 111 Å². The second kappa shape index (κ2) is 20.2. The van der Waals surface area contributed by atoms with E-state index in [-0.39, 0.29) is 44.8 Å². The molecule has 12 aromatic rings. The molecule has 0 radical (unpaired) electrons. The quantitative estimate of drug-likeness (QED) is 0.149. The molecule has 4 nitrogen and oxygen atoms in total. The summed E-state index contributed by atoms with van der Waals surface area (Å²) in [4.78, 5) is 4.67. The third-order valence-electron chi connectivity index (χ3n) is 15.4. The average Bonchev–Trinajstić information content (AvgIpc) is 1.60. The summed E-state index contributed by atoms with van der Waals surface area (Å²) in [7, 11) is 0. The Labute approximate surface area is 482 Å². The van der Waals surface area contributed by atoms with Crippen LogP contribution in [0.15, 0.2) is 170 Å². The van der Waals surface area contributed by atoms with Gasteiger partial charge in [-0.2, -0.15) is 57.9 Å². The number of aryl methyl sites for hydroxylation is 5. The molecule has 0 bridgehead atoms. The molecule has 3 heterocycles. The van der Waals surface area contributed by atoms with E-state index in [1.165, 1.54) is 26.8 Å². The lowest BCUT2D eigenvalue weighted by atomic mass is 9.96. The predicted octanol–water partition coefficient (Wildman–Crippen LogP) is 21.2. The van der Waals surface area contributed by atoms with Crippen molar-refractivity contribution in [2.24, 2.45) is 0 Å². The Balaban J connectivity index is 1.25. The molecular formula is C69H43F13N4. The van der Waals surface area contributed by atoms with Crippen LogP contribution in [0.4, 0.5) is 57.1 Å². The molecule has 86 heavy (non-hydrogen) atoms. The maximum absolute atomic E-state index is 15.3. The number of benzene rings is 9. The molecule has 0 aliphatic heterocycles. The first-order valence-electron chi connectivity index (χ1n) is 26.7. The Morgan fingerprint density at radius 3 is 0.942 bits per heavy atom. The standard InChI is InChI=1S/C69H43F13N4/c1-35-14-45(24-50(17-35)66(71,72)73)41-6-10-55-56-11-7-42(46-15-36(2)18-51(25-46)67(74,75)76)30-60(56)85(59(55)29-41)63-22-40(34-83)23-64(65(63)49-20-38(4)84-39(5)21-49)86-61-31-43(47-16-37(3)19-52(26-47)68(77,78)79)8-12-57(61)58-13-9-44(32-62(58)86)48-27-53(69(80,81)82)33-54(70)28-48/h6-33H,1-5H3. The first-order chi connectivity index (χ1) is 40.5. The smallest absolute Gasteiger partial charge is 0.308 e. The van der Waals surface area contributed by atoms with Gasteiger partial charge in [-0.15, -0.1) is 0 Å². The predicted molar refractivity (Wildman–Crippen MR) is 308 cm³/mol. The van der Waals surface area contributed by atoms with Crippen LogP contribution in [0.2, 0.25) is 0 Å². The van der Waals surface area contributed by atoms with Gasteiger partial charge in [0.05, 0.1) is 67.3 Å². The van der Waals surface area contributed by atoms with Crippen molar-refractivity contribution in [2.75, 3.05) is 0 Å². The van der Waals surface area contributed by atoms with Gasteiger partial charge in [-0.1, -0.05) is 66.7 Å². The van der Waals surface area contributed by atoms with Crippen molar-refractivity contribution in [2.45, 2.75) is 59.3 Å². The van der Waals surface area contributed by atoms with E-state index in [9.17, 15) is 57.9 Å². The van der Waals surface area contributed by atoms with E-state index < -0.39 is 52.8 Å². The van der Waals surface area contributed by atoms with Gasteiger partial charge in [0.2, 0.25) is 0 Å². The summed E-state index contributed by atoms with van der Waals surface area (Å²) in [5.41, 5.74) is 2.34. The average molecular weight is 1180 g/mol. The van der Waals surface area contributed by atoms with Crippen molar-refractivity contribution in [1.29, 1.82) is 5.26 Å².